The lowest BCUT2D eigenvalue weighted by atomic mass is 9.94. The maximum Gasteiger partial charge on any atom is 0.311 e. The Morgan fingerprint density at radius 2 is 2.00 bits per heavy atom. The smallest absolute Gasteiger partial charge is 0.311 e. The van der Waals surface area contributed by atoms with Gasteiger partial charge in [-0.15, -0.1) is 0 Å². The average molecular weight is 250 g/mol. The molecule has 1 aromatic rings. The van der Waals surface area contributed by atoms with E-state index in [-0.39, 0.29) is 17.8 Å². The molecule has 2 N–H and O–H groups in total. The third-order valence-corrected chi connectivity index (χ3v) is 3.32. The number of ether oxygens (including phenoxy) is 1. The third-order valence-electron chi connectivity index (χ3n) is 3.32. The summed E-state index contributed by atoms with van der Waals surface area (Å²) in [5.74, 6) is 0.367. The highest BCUT2D eigenvalue weighted by molar-refractivity contribution is 5.48. The van der Waals surface area contributed by atoms with Crippen molar-refractivity contribution < 1.29 is 9.66 Å². The number of hydrogen-bond acceptors (Lipinski definition) is 4. The van der Waals surface area contributed by atoms with Crippen LogP contribution in [0.15, 0.2) is 18.2 Å². The predicted octanol–water partition coefficient (Wildman–Crippen LogP) is 2.55. The Hall–Kier alpha value is -1.62. The standard InChI is InChI=1S/C13H18N2O3/c1-9-2-7-13(12(8-9)15(16)17)18-11-5-3-10(14)4-6-11/h2,7-8,10-11H,3-6,14H2,1H3. The van der Waals surface area contributed by atoms with Gasteiger partial charge in [0.2, 0.25) is 0 Å². The highest BCUT2D eigenvalue weighted by atomic mass is 16.6. The fourth-order valence-corrected chi connectivity index (χ4v) is 2.26. The van der Waals surface area contributed by atoms with Gasteiger partial charge in [-0.25, -0.2) is 0 Å². The summed E-state index contributed by atoms with van der Waals surface area (Å²) in [6, 6.07) is 5.31. The van der Waals surface area contributed by atoms with Crippen LogP contribution in [-0.4, -0.2) is 17.1 Å². The van der Waals surface area contributed by atoms with E-state index in [2.05, 4.69) is 0 Å². The molecule has 0 heterocycles. The topological polar surface area (TPSA) is 78.4 Å². The van der Waals surface area contributed by atoms with Gasteiger partial charge in [0.1, 0.15) is 0 Å². The summed E-state index contributed by atoms with van der Waals surface area (Å²) in [6.07, 6.45) is 3.62. The van der Waals surface area contributed by atoms with Gasteiger partial charge in [0, 0.05) is 12.1 Å². The summed E-state index contributed by atoms with van der Waals surface area (Å²) in [7, 11) is 0. The first-order valence-electron chi connectivity index (χ1n) is 6.23. The Morgan fingerprint density at radius 1 is 1.33 bits per heavy atom. The number of nitrogens with zero attached hydrogens (tertiary/aromatic N) is 1. The quantitative estimate of drug-likeness (QED) is 0.660. The van der Waals surface area contributed by atoms with E-state index in [0.29, 0.717) is 5.75 Å². The fourth-order valence-electron chi connectivity index (χ4n) is 2.26. The van der Waals surface area contributed by atoms with Gasteiger partial charge >= 0.3 is 5.69 Å². The van der Waals surface area contributed by atoms with Crippen molar-refractivity contribution in [1.82, 2.24) is 0 Å². The van der Waals surface area contributed by atoms with E-state index in [1.807, 2.05) is 13.0 Å². The van der Waals surface area contributed by atoms with E-state index < -0.39 is 4.92 Å². The molecule has 1 saturated carbocycles. The molecule has 0 atom stereocenters. The van der Waals surface area contributed by atoms with Crippen LogP contribution in [0.3, 0.4) is 0 Å². The van der Waals surface area contributed by atoms with Crippen molar-refractivity contribution >= 4 is 5.69 Å². The van der Waals surface area contributed by atoms with Crippen LogP contribution in [0.5, 0.6) is 5.75 Å². The Kier molecular flexibility index (Phi) is 3.81. The van der Waals surface area contributed by atoms with Crippen LogP contribution in [0, 0.1) is 17.0 Å². The van der Waals surface area contributed by atoms with Crippen molar-refractivity contribution in [3.05, 3.63) is 33.9 Å². The summed E-state index contributed by atoms with van der Waals surface area (Å²) >= 11 is 0. The number of hydrogen-bond donors (Lipinski definition) is 1. The summed E-state index contributed by atoms with van der Waals surface area (Å²) in [5, 5.41) is 11.0. The molecule has 1 fully saturated rings. The second kappa shape index (κ2) is 5.35. The first-order chi connectivity index (χ1) is 8.56. The van der Waals surface area contributed by atoms with Gasteiger partial charge in [0.25, 0.3) is 0 Å². The minimum atomic E-state index is -0.392. The number of benzene rings is 1. The molecule has 0 bridgehead atoms. The molecule has 1 aromatic carbocycles. The maximum atomic E-state index is 11.0. The zero-order chi connectivity index (χ0) is 13.1. The number of nitrogens with two attached hydrogens (primary N) is 1. The lowest BCUT2D eigenvalue weighted by Gasteiger charge is -2.26. The normalized spacial score (nSPS) is 23.7. The van der Waals surface area contributed by atoms with Crippen LogP contribution in [0.25, 0.3) is 0 Å². The molecular weight excluding hydrogens is 232 g/mol. The predicted molar refractivity (Wildman–Crippen MR) is 68.7 cm³/mol. The molecule has 0 spiro atoms. The first-order valence-corrected chi connectivity index (χ1v) is 6.23. The molecule has 0 aromatic heterocycles. The van der Waals surface area contributed by atoms with Gasteiger partial charge in [-0.05, 0) is 44.2 Å². The van der Waals surface area contributed by atoms with Crippen molar-refractivity contribution in [2.75, 3.05) is 0 Å². The Balaban J connectivity index is 2.11. The monoisotopic (exact) mass is 250 g/mol. The zero-order valence-corrected chi connectivity index (χ0v) is 10.5. The third kappa shape index (κ3) is 2.98. The van der Waals surface area contributed by atoms with Crippen LogP contribution in [-0.2, 0) is 0 Å². The van der Waals surface area contributed by atoms with Gasteiger partial charge in [-0.1, -0.05) is 6.07 Å². The van der Waals surface area contributed by atoms with Crippen molar-refractivity contribution in [3.63, 3.8) is 0 Å². The van der Waals surface area contributed by atoms with E-state index in [9.17, 15) is 10.1 Å². The van der Waals surface area contributed by atoms with Gasteiger partial charge in [0.15, 0.2) is 5.75 Å². The summed E-state index contributed by atoms with van der Waals surface area (Å²) < 4.78 is 5.75. The van der Waals surface area contributed by atoms with Crippen molar-refractivity contribution in [3.8, 4) is 5.75 Å². The Bertz CT molecular complexity index is 440. The molecule has 0 radical (unpaired) electrons. The Morgan fingerprint density at radius 3 is 2.61 bits per heavy atom. The van der Waals surface area contributed by atoms with E-state index >= 15 is 0 Å². The molecule has 0 aliphatic heterocycles. The second-order valence-electron chi connectivity index (χ2n) is 4.88. The van der Waals surface area contributed by atoms with Gasteiger partial charge in [0.05, 0.1) is 11.0 Å². The van der Waals surface area contributed by atoms with E-state index in [4.69, 9.17) is 10.5 Å². The molecule has 2 rings (SSSR count). The highest BCUT2D eigenvalue weighted by Crippen LogP contribution is 2.31. The first kappa shape index (κ1) is 12.8. The average Bonchev–Trinajstić information content (AvgIpc) is 2.34. The van der Waals surface area contributed by atoms with Crippen LogP contribution < -0.4 is 10.5 Å². The van der Waals surface area contributed by atoms with Crippen molar-refractivity contribution in [1.29, 1.82) is 0 Å². The largest absolute Gasteiger partial charge is 0.484 e. The van der Waals surface area contributed by atoms with E-state index in [1.165, 1.54) is 0 Å². The number of nitro groups is 1. The minimum absolute atomic E-state index is 0.0462. The van der Waals surface area contributed by atoms with Gasteiger partial charge in [-0.2, -0.15) is 0 Å². The highest BCUT2D eigenvalue weighted by Gasteiger charge is 2.23. The fraction of sp³-hybridized carbons (Fsp3) is 0.538. The molecule has 5 nitrogen and oxygen atoms in total. The SMILES string of the molecule is Cc1ccc(OC2CCC(N)CC2)c([N+](=O)[O-])c1. The maximum absolute atomic E-state index is 11.0. The lowest BCUT2D eigenvalue weighted by molar-refractivity contribution is -0.386. The van der Waals surface area contributed by atoms with Crippen molar-refractivity contribution in [2.24, 2.45) is 5.73 Å². The zero-order valence-electron chi connectivity index (χ0n) is 10.5. The van der Waals surface area contributed by atoms with Crippen LogP contribution in [0.1, 0.15) is 31.2 Å². The molecule has 1 aliphatic rings. The number of rotatable bonds is 3. The van der Waals surface area contributed by atoms with Gasteiger partial charge in [-0.3, -0.25) is 10.1 Å². The molecule has 0 amide bonds. The number of nitro benzene ring substituents is 1. The van der Waals surface area contributed by atoms with Crippen LogP contribution in [0.2, 0.25) is 0 Å². The van der Waals surface area contributed by atoms with E-state index in [1.54, 1.807) is 12.1 Å². The van der Waals surface area contributed by atoms with E-state index in [0.717, 1.165) is 31.2 Å². The summed E-state index contributed by atoms with van der Waals surface area (Å²) in [6.45, 7) is 1.83. The summed E-state index contributed by atoms with van der Waals surface area (Å²) in [5.41, 5.74) is 6.73. The minimum Gasteiger partial charge on any atom is -0.484 e. The van der Waals surface area contributed by atoms with Gasteiger partial charge < -0.3 is 10.5 Å². The van der Waals surface area contributed by atoms with Crippen molar-refractivity contribution in [2.45, 2.75) is 44.8 Å². The molecule has 5 heteroatoms. The molecule has 98 valence electrons. The molecule has 18 heavy (non-hydrogen) atoms. The summed E-state index contributed by atoms with van der Waals surface area (Å²) in [4.78, 5) is 10.6. The molecule has 0 saturated heterocycles. The van der Waals surface area contributed by atoms with Crippen LogP contribution >= 0.6 is 0 Å². The lowest BCUT2D eigenvalue weighted by Crippen LogP contribution is -2.31. The molecular formula is C13H18N2O3. The number of aryl methyl sites for hydroxylation is 1. The second-order valence-corrected chi connectivity index (χ2v) is 4.88. The molecule has 0 unspecified atom stereocenters. The molecule has 1 aliphatic carbocycles. The van der Waals surface area contributed by atoms with Crippen LogP contribution in [0.4, 0.5) is 5.69 Å². The Labute approximate surface area is 106 Å².